The van der Waals surface area contributed by atoms with Crippen molar-refractivity contribution in [2.75, 3.05) is 31.1 Å². The molecule has 3 aromatic rings. The molecule has 0 spiro atoms. The van der Waals surface area contributed by atoms with Crippen molar-refractivity contribution in [2.24, 2.45) is 0 Å². The molecule has 0 saturated carbocycles. The maximum absolute atomic E-state index is 13.6. The van der Waals surface area contributed by atoms with Crippen LogP contribution in [0.4, 0.5) is 10.2 Å². The van der Waals surface area contributed by atoms with Gasteiger partial charge in [-0.1, -0.05) is 6.07 Å². The molecule has 1 aliphatic rings. The molecular formula is C17H16BrFN6O. The highest BCUT2D eigenvalue weighted by molar-refractivity contribution is 9.10. The van der Waals surface area contributed by atoms with Gasteiger partial charge in [0.25, 0.3) is 0 Å². The van der Waals surface area contributed by atoms with E-state index in [0.29, 0.717) is 41.9 Å². The first-order valence-corrected chi connectivity index (χ1v) is 9.03. The summed E-state index contributed by atoms with van der Waals surface area (Å²) < 4.78 is 15.6. The lowest BCUT2D eigenvalue weighted by molar-refractivity contribution is -0.130. The zero-order valence-electron chi connectivity index (χ0n) is 13.8. The second kappa shape index (κ2) is 6.99. The minimum absolute atomic E-state index is 0.00796. The molecule has 7 nitrogen and oxygen atoms in total. The predicted molar refractivity (Wildman–Crippen MR) is 97.4 cm³/mol. The van der Waals surface area contributed by atoms with E-state index in [4.69, 9.17) is 0 Å². The van der Waals surface area contributed by atoms with E-state index >= 15 is 0 Å². The van der Waals surface area contributed by atoms with Crippen LogP contribution in [0.1, 0.15) is 5.56 Å². The van der Waals surface area contributed by atoms with Crippen LogP contribution in [0.3, 0.4) is 0 Å². The predicted octanol–water partition coefficient (Wildman–Crippen LogP) is 1.92. The third-order valence-electron chi connectivity index (χ3n) is 4.44. The number of nitrogens with zero attached hydrogens (tertiary/aromatic N) is 6. The van der Waals surface area contributed by atoms with Gasteiger partial charge in [-0.15, -0.1) is 15.3 Å². The van der Waals surface area contributed by atoms with E-state index in [1.807, 2.05) is 17.0 Å². The van der Waals surface area contributed by atoms with Crippen molar-refractivity contribution >= 4 is 33.3 Å². The lowest BCUT2D eigenvalue weighted by Crippen LogP contribution is -2.49. The van der Waals surface area contributed by atoms with Gasteiger partial charge < -0.3 is 9.80 Å². The van der Waals surface area contributed by atoms with Crippen LogP contribution in [-0.2, 0) is 11.2 Å². The maximum atomic E-state index is 13.6. The zero-order chi connectivity index (χ0) is 18.1. The summed E-state index contributed by atoms with van der Waals surface area (Å²) in [5.74, 6) is 0.489. The van der Waals surface area contributed by atoms with Crippen LogP contribution in [0.15, 0.2) is 41.1 Å². The lowest BCUT2D eigenvalue weighted by Gasteiger charge is -2.35. The second-order valence-electron chi connectivity index (χ2n) is 6.12. The highest BCUT2D eigenvalue weighted by atomic mass is 79.9. The molecule has 1 aromatic carbocycles. The zero-order valence-corrected chi connectivity index (χ0v) is 15.4. The smallest absolute Gasteiger partial charge is 0.227 e. The number of anilines is 1. The van der Waals surface area contributed by atoms with Crippen molar-refractivity contribution in [1.82, 2.24) is 24.7 Å². The number of rotatable bonds is 3. The van der Waals surface area contributed by atoms with Crippen LogP contribution in [0.2, 0.25) is 0 Å². The highest BCUT2D eigenvalue weighted by Gasteiger charge is 2.22. The number of hydrogen-bond acceptors (Lipinski definition) is 5. The second-order valence-corrected chi connectivity index (χ2v) is 6.97. The Hall–Kier alpha value is -2.55. The highest BCUT2D eigenvalue weighted by Crippen LogP contribution is 2.18. The van der Waals surface area contributed by atoms with E-state index in [1.165, 1.54) is 6.07 Å². The summed E-state index contributed by atoms with van der Waals surface area (Å²) in [4.78, 5) is 16.4. The van der Waals surface area contributed by atoms with Gasteiger partial charge in [0.15, 0.2) is 5.65 Å². The van der Waals surface area contributed by atoms with E-state index in [2.05, 4.69) is 36.1 Å². The van der Waals surface area contributed by atoms with Gasteiger partial charge in [-0.2, -0.15) is 4.52 Å². The Morgan fingerprint density at radius 1 is 1.15 bits per heavy atom. The Balaban J connectivity index is 1.37. The Labute approximate surface area is 157 Å². The molecule has 1 saturated heterocycles. The third kappa shape index (κ3) is 3.39. The van der Waals surface area contributed by atoms with Crippen LogP contribution >= 0.6 is 15.9 Å². The number of carbonyl (C=O) groups is 1. The first-order valence-electron chi connectivity index (χ1n) is 8.24. The molecule has 0 atom stereocenters. The third-order valence-corrected chi connectivity index (χ3v) is 5.09. The maximum Gasteiger partial charge on any atom is 0.227 e. The molecule has 9 heteroatoms. The van der Waals surface area contributed by atoms with Crippen molar-refractivity contribution < 1.29 is 9.18 Å². The first kappa shape index (κ1) is 16.9. The Kier molecular flexibility index (Phi) is 4.54. The van der Waals surface area contributed by atoms with Gasteiger partial charge in [0.2, 0.25) is 5.91 Å². The fourth-order valence-corrected chi connectivity index (χ4v) is 3.25. The molecule has 1 amide bonds. The minimum atomic E-state index is -0.351. The van der Waals surface area contributed by atoms with E-state index in [0.717, 1.165) is 5.82 Å². The molecule has 0 radical (unpaired) electrons. The van der Waals surface area contributed by atoms with Gasteiger partial charge in [-0.25, -0.2) is 4.39 Å². The molecule has 0 N–H and O–H groups in total. The molecule has 134 valence electrons. The Morgan fingerprint density at radius 2 is 1.96 bits per heavy atom. The van der Waals surface area contributed by atoms with Crippen LogP contribution < -0.4 is 4.90 Å². The van der Waals surface area contributed by atoms with E-state index in [9.17, 15) is 9.18 Å². The molecule has 0 aliphatic carbocycles. The van der Waals surface area contributed by atoms with Gasteiger partial charge in [0.1, 0.15) is 18.0 Å². The van der Waals surface area contributed by atoms with Crippen LogP contribution in [0, 0.1) is 5.82 Å². The standard InChI is InChI=1S/C17H16BrFN6O/c18-13-2-1-12(9-14(13)19)10-17(26)24-7-5-23(6-8-24)16-4-3-15-21-20-11-25(15)22-16/h1-4,9,11H,5-8,10H2. The van der Waals surface area contributed by atoms with Crippen LogP contribution in [-0.4, -0.2) is 56.8 Å². The number of hydrogen-bond donors (Lipinski definition) is 0. The topological polar surface area (TPSA) is 66.6 Å². The SMILES string of the molecule is O=C(Cc1ccc(Br)c(F)c1)N1CCN(c2ccc3nncn3n2)CC1. The fraction of sp³-hybridized carbons (Fsp3) is 0.294. The van der Waals surface area contributed by atoms with Crippen molar-refractivity contribution in [2.45, 2.75) is 6.42 Å². The number of aromatic nitrogens is 4. The molecule has 1 fully saturated rings. The van der Waals surface area contributed by atoms with Gasteiger partial charge >= 0.3 is 0 Å². The lowest BCUT2D eigenvalue weighted by atomic mass is 10.1. The number of piperazine rings is 1. The van der Waals surface area contributed by atoms with Gasteiger partial charge in [0.05, 0.1) is 10.9 Å². The van der Waals surface area contributed by atoms with Gasteiger partial charge in [-0.3, -0.25) is 4.79 Å². The summed E-state index contributed by atoms with van der Waals surface area (Å²) in [7, 11) is 0. The van der Waals surface area contributed by atoms with Crippen molar-refractivity contribution in [3.63, 3.8) is 0 Å². The number of amides is 1. The van der Waals surface area contributed by atoms with Crippen LogP contribution in [0.5, 0.6) is 0 Å². The summed E-state index contributed by atoms with van der Waals surface area (Å²) in [5, 5.41) is 12.2. The Bertz CT molecular complexity index is 953. The van der Waals surface area contributed by atoms with Gasteiger partial charge in [0, 0.05) is 26.2 Å². The molecule has 2 aromatic heterocycles. The number of carbonyl (C=O) groups excluding carboxylic acids is 1. The van der Waals surface area contributed by atoms with Gasteiger partial charge in [-0.05, 0) is 45.8 Å². The summed E-state index contributed by atoms with van der Waals surface area (Å²) in [6.07, 6.45) is 1.77. The minimum Gasteiger partial charge on any atom is -0.352 e. The Morgan fingerprint density at radius 3 is 2.73 bits per heavy atom. The van der Waals surface area contributed by atoms with Crippen LogP contribution in [0.25, 0.3) is 5.65 Å². The van der Waals surface area contributed by atoms with E-state index in [1.54, 1.807) is 23.0 Å². The van der Waals surface area contributed by atoms with Crippen molar-refractivity contribution in [1.29, 1.82) is 0 Å². The van der Waals surface area contributed by atoms with Crippen molar-refractivity contribution in [3.05, 3.63) is 52.5 Å². The number of halogens is 2. The van der Waals surface area contributed by atoms with Crippen molar-refractivity contribution in [3.8, 4) is 0 Å². The molecule has 1 aliphatic heterocycles. The molecule has 4 rings (SSSR count). The largest absolute Gasteiger partial charge is 0.352 e. The molecule has 0 unspecified atom stereocenters. The summed E-state index contributed by atoms with van der Waals surface area (Å²) in [6.45, 7) is 2.61. The molecule has 0 bridgehead atoms. The quantitative estimate of drug-likeness (QED) is 0.649. The average Bonchev–Trinajstić information content (AvgIpc) is 3.12. The first-order chi connectivity index (χ1) is 12.6. The fourth-order valence-electron chi connectivity index (χ4n) is 3.01. The monoisotopic (exact) mass is 418 g/mol. The number of benzene rings is 1. The molecule has 3 heterocycles. The summed E-state index contributed by atoms with van der Waals surface area (Å²) in [5.41, 5.74) is 1.38. The van der Waals surface area contributed by atoms with E-state index < -0.39 is 0 Å². The summed E-state index contributed by atoms with van der Waals surface area (Å²) >= 11 is 3.12. The van der Waals surface area contributed by atoms with E-state index in [-0.39, 0.29) is 18.1 Å². The number of fused-ring (bicyclic) bond motifs is 1. The molecular weight excluding hydrogens is 403 g/mol. The summed E-state index contributed by atoms with van der Waals surface area (Å²) in [6, 6.07) is 8.57. The average molecular weight is 419 g/mol. The normalized spacial score (nSPS) is 14.8. The molecule has 26 heavy (non-hydrogen) atoms.